The van der Waals surface area contributed by atoms with Crippen LogP contribution < -0.4 is 4.90 Å². The number of hydrogen-bond donors (Lipinski definition) is 0. The van der Waals surface area contributed by atoms with Crippen LogP contribution >= 0.6 is 11.3 Å². The van der Waals surface area contributed by atoms with E-state index in [2.05, 4.69) is 26.1 Å². The summed E-state index contributed by atoms with van der Waals surface area (Å²) >= 11 is 1.65. The van der Waals surface area contributed by atoms with Crippen molar-refractivity contribution in [2.24, 2.45) is 0 Å². The molecule has 6 heteroatoms. The van der Waals surface area contributed by atoms with Gasteiger partial charge in [0.25, 0.3) is 0 Å². The number of hydrogen-bond acceptors (Lipinski definition) is 6. The molecule has 0 aliphatic carbocycles. The molecule has 4 rings (SSSR count). The Morgan fingerprint density at radius 1 is 1.32 bits per heavy atom. The molecule has 5 nitrogen and oxygen atoms in total. The molecule has 0 aromatic carbocycles. The molecule has 2 aliphatic rings. The number of aromatic nitrogens is 2. The Kier molecular flexibility index (Phi) is 2.77. The van der Waals surface area contributed by atoms with Gasteiger partial charge in [-0.15, -0.1) is 10.2 Å². The largest absolute Gasteiger partial charge is 0.472 e. The van der Waals surface area contributed by atoms with E-state index in [-0.39, 0.29) is 0 Å². The maximum atomic E-state index is 5.16. The first-order chi connectivity index (χ1) is 9.42. The van der Waals surface area contributed by atoms with Crippen molar-refractivity contribution >= 4 is 16.5 Å². The smallest absolute Gasteiger partial charge is 0.208 e. The number of nitrogens with zero attached hydrogens (tertiary/aromatic N) is 4. The quantitative estimate of drug-likeness (QED) is 0.858. The fraction of sp³-hybridized carbons (Fsp3) is 0.538. The van der Waals surface area contributed by atoms with Crippen LogP contribution in [-0.4, -0.2) is 40.3 Å². The Hall–Kier alpha value is -1.40. The lowest BCUT2D eigenvalue weighted by Gasteiger charge is -2.24. The van der Waals surface area contributed by atoms with Gasteiger partial charge in [0.15, 0.2) is 0 Å². The van der Waals surface area contributed by atoms with Crippen LogP contribution in [0.15, 0.2) is 28.5 Å². The van der Waals surface area contributed by atoms with Crippen molar-refractivity contribution in [3.8, 4) is 0 Å². The second-order valence-corrected chi connectivity index (χ2v) is 6.04. The molecule has 19 heavy (non-hydrogen) atoms. The lowest BCUT2D eigenvalue weighted by atomic mass is 10.1. The number of furan rings is 1. The predicted octanol–water partition coefficient (Wildman–Crippen LogP) is 1.98. The van der Waals surface area contributed by atoms with Crippen LogP contribution in [0.4, 0.5) is 5.13 Å². The lowest BCUT2D eigenvalue weighted by molar-refractivity contribution is 0.245. The minimum absolute atomic E-state index is 0.611. The summed E-state index contributed by atoms with van der Waals surface area (Å²) in [5.41, 5.74) is 3.09. The third kappa shape index (κ3) is 1.95. The van der Waals surface area contributed by atoms with E-state index in [9.17, 15) is 0 Å². The summed E-state index contributed by atoms with van der Waals surface area (Å²) in [7, 11) is 0. The number of rotatable bonds is 3. The Morgan fingerprint density at radius 2 is 2.26 bits per heavy atom. The van der Waals surface area contributed by atoms with E-state index < -0.39 is 0 Å². The number of anilines is 1. The van der Waals surface area contributed by atoms with Crippen molar-refractivity contribution < 1.29 is 4.42 Å². The van der Waals surface area contributed by atoms with Crippen LogP contribution in [0.5, 0.6) is 0 Å². The molecular formula is C13H16N4OS. The lowest BCUT2D eigenvalue weighted by Crippen LogP contribution is -2.36. The maximum absolute atomic E-state index is 5.16. The molecule has 0 N–H and O–H groups in total. The van der Waals surface area contributed by atoms with Gasteiger partial charge in [0, 0.05) is 37.3 Å². The fourth-order valence-electron chi connectivity index (χ4n) is 3.42. The van der Waals surface area contributed by atoms with Gasteiger partial charge in [-0.1, -0.05) is 11.3 Å². The van der Waals surface area contributed by atoms with Crippen molar-refractivity contribution in [3.05, 3.63) is 29.7 Å². The highest BCUT2D eigenvalue weighted by atomic mass is 32.1. The van der Waals surface area contributed by atoms with E-state index in [1.807, 2.05) is 11.8 Å². The topological polar surface area (TPSA) is 45.4 Å². The molecule has 2 saturated heterocycles. The molecule has 0 unspecified atom stereocenters. The maximum Gasteiger partial charge on any atom is 0.208 e. The molecule has 2 fully saturated rings. The van der Waals surface area contributed by atoms with Gasteiger partial charge in [0.1, 0.15) is 5.51 Å². The molecule has 0 spiro atoms. The first kappa shape index (κ1) is 11.4. The van der Waals surface area contributed by atoms with Crippen molar-refractivity contribution in [2.75, 3.05) is 18.0 Å². The second-order valence-electron chi connectivity index (χ2n) is 5.23. The van der Waals surface area contributed by atoms with Gasteiger partial charge in [-0.3, -0.25) is 4.90 Å². The van der Waals surface area contributed by atoms with E-state index >= 15 is 0 Å². The van der Waals surface area contributed by atoms with Crippen molar-refractivity contribution in [1.82, 2.24) is 15.1 Å². The Balaban J connectivity index is 1.49. The predicted molar refractivity (Wildman–Crippen MR) is 73.2 cm³/mol. The Bertz CT molecular complexity index is 527. The van der Waals surface area contributed by atoms with Crippen LogP contribution in [-0.2, 0) is 6.54 Å². The van der Waals surface area contributed by atoms with Gasteiger partial charge < -0.3 is 9.32 Å². The summed E-state index contributed by atoms with van der Waals surface area (Å²) < 4.78 is 5.16. The molecule has 0 amide bonds. The minimum atomic E-state index is 0.611. The van der Waals surface area contributed by atoms with Gasteiger partial charge in [-0.25, -0.2) is 0 Å². The normalized spacial score (nSPS) is 27.1. The van der Waals surface area contributed by atoms with Crippen LogP contribution in [0.25, 0.3) is 0 Å². The Labute approximate surface area is 115 Å². The van der Waals surface area contributed by atoms with E-state index in [0.29, 0.717) is 12.1 Å². The zero-order chi connectivity index (χ0) is 12.7. The van der Waals surface area contributed by atoms with Crippen LogP contribution in [0.2, 0.25) is 0 Å². The van der Waals surface area contributed by atoms with Gasteiger partial charge in [0.05, 0.1) is 12.5 Å². The van der Waals surface area contributed by atoms with E-state index in [1.165, 1.54) is 18.4 Å². The fourth-order valence-corrected chi connectivity index (χ4v) is 4.06. The second kappa shape index (κ2) is 4.61. The SMILES string of the molecule is c1cc(CN2CC[C@H]3[C@H]2CCN3c2nncs2)co1. The van der Waals surface area contributed by atoms with Gasteiger partial charge in [0.2, 0.25) is 5.13 Å². The molecule has 2 aromatic heterocycles. The van der Waals surface area contributed by atoms with Crippen molar-refractivity contribution in [2.45, 2.75) is 31.5 Å². The van der Waals surface area contributed by atoms with Crippen LogP contribution in [0.1, 0.15) is 18.4 Å². The van der Waals surface area contributed by atoms with Gasteiger partial charge in [-0.2, -0.15) is 0 Å². The molecule has 4 heterocycles. The third-order valence-electron chi connectivity index (χ3n) is 4.25. The summed E-state index contributed by atoms with van der Waals surface area (Å²) in [5.74, 6) is 0. The first-order valence-corrected chi connectivity index (χ1v) is 7.58. The van der Waals surface area contributed by atoms with Gasteiger partial charge in [-0.05, 0) is 18.9 Å². The molecular weight excluding hydrogens is 260 g/mol. The monoisotopic (exact) mass is 276 g/mol. The number of likely N-dealkylation sites (tertiary alicyclic amines) is 1. The van der Waals surface area contributed by atoms with E-state index in [1.54, 1.807) is 17.6 Å². The third-order valence-corrected chi connectivity index (χ3v) is 4.98. The molecule has 2 aromatic rings. The zero-order valence-electron chi connectivity index (χ0n) is 10.6. The first-order valence-electron chi connectivity index (χ1n) is 6.70. The highest BCUT2D eigenvalue weighted by Crippen LogP contribution is 2.36. The molecule has 0 bridgehead atoms. The summed E-state index contributed by atoms with van der Waals surface area (Å²) in [6, 6.07) is 3.32. The number of fused-ring (bicyclic) bond motifs is 1. The summed E-state index contributed by atoms with van der Waals surface area (Å²) in [6.45, 7) is 3.27. The van der Waals surface area contributed by atoms with Gasteiger partial charge >= 0.3 is 0 Å². The standard InChI is InChI=1S/C13H16N4OS/c1-4-16(7-10-3-6-18-8-10)11-2-5-17(12(1)11)13-15-14-9-19-13/h3,6,8-9,11-12H,1-2,4-5,7H2/t11-,12+/m1/s1. The highest BCUT2D eigenvalue weighted by Gasteiger charge is 2.43. The molecule has 2 aliphatic heterocycles. The zero-order valence-corrected chi connectivity index (χ0v) is 11.4. The summed E-state index contributed by atoms with van der Waals surface area (Å²) in [4.78, 5) is 5.02. The molecule has 100 valence electrons. The molecule has 0 saturated carbocycles. The van der Waals surface area contributed by atoms with Crippen LogP contribution in [0, 0.1) is 0 Å². The average Bonchev–Trinajstić information content (AvgIpc) is 3.15. The van der Waals surface area contributed by atoms with E-state index in [4.69, 9.17) is 4.42 Å². The van der Waals surface area contributed by atoms with Crippen molar-refractivity contribution in [1.29, 1.82) is 0 Å². The summed E-state index contributed by atoms with van der Waals surface area (Å²) in [6.07, 6.45) is 6.06. The highest BCUT2D eigenvalue weighted by molar-refractivity contribution is 7.13. The minimum Gasteiger partial charge on any atom is -0.472 e. The van der Waals surface area contributed by atoms with E-state index in [0.717, 1.165) is 24.8 Å². The van der Waals surface area contributed by atoms with Crippen LogP contribution in [0.3, 0.4) is 0 Å². The Morgan fingerprint density at radius 3 is 3.05 bits per heavy atom. The molecule has 2 atom stereocenters. The van der Waals surface area contributed by atoms with Crippen molar-refractivity contribution in [3.63, 3.8) is 0 Å². The summed E-state index contributed by atoms with van der Waals surface area (Å²) in [5, 5.41) is 9.26. The molecule has 0 radical (unpaired) electrons. The average molecular weight is 276 g/mol.